The average molecular weight is 323 g/mol. The molecule has 5 heteroatoms. The van der Waals surface area contributed by atoms with Crippen molar-refractivity contribution in [2.75, 3.05) is 6.54 Å². The number of rotatable bonds is 7. The van der Waals surface area contributed by atoms with Crippen LogP contribution in [0.25, 0.3) is 0 Å². The summed E-state index contributed by atoms with van der Waals surface area (Å²) in [6, 6.07) is 0.246. The van der Waals surface area contributed by atoms with Gasteiger partial charge in [0, 0.05) is 24.9 Å². The minimum Gasteiger partial charge on any atom is -0.481 e. The number of hydrogen-bond donors (Lipinski definition) is 1. The number of carboxylic acids is 1. The topological polar surface area (TPSA) is 74.7 Å². The molecule has 5 nitrogen and oxygen atoms in total. The number of amides is 1. The van der Waals surface area contributed by atoms with Crippen LogP contribution in [-0.4, -0.2) is 40.3 Å². The van der Waals surface area contributed by atoms with Gasteiger partial charge in [0.05, 0.1) is 0 Å². The first-order valence-corrected chi connectivity index (χ1v) is 9.12. The first-order valence-electron chi connectivity index (χ1n) is 9.12. The number of hydrogen-bond acceptors (Lipinski definition) is 3. The largest absolute Gasteiger partial charge is 0.481 e. The fourth-order valence-corrected chi connectivity index (χ4v) is 3.95. The summed E-state index contributed by atoms with van der Waals surface area (Å²) in [5.74, 6) is -1.05. The maximum Gasteiger partial charge on any atom is 0.310 e. The summed E-state index contributed by atoms with van der Waals surface area (Å²) in [5, 5.41) is 8.71. The molecular formula is C18H29NO4. The molecule has 0 bridgehead atoms. The Morgan fingerprint density at radius 1 is 0.870 bits per heavy atom. The van der Waals surface area contributed by atoms with E-state index in [1.807, 2.05) is 4.90 Å². The Morgan fingerprint density at radius 3 is 2.00 bits per heavy atom. The van der Waals surface area contributed by atoms with Crippen molar-refractivity contribution >= 4 is 17.7 Å². The predicted molar refractivity (Wildman–Crippen MR) is 87.0 cm³/mol. The van der Waals surface area contributed by atoms with Crippen LogP contribution < -0.4 is 0 Å². The van der Waals surface area contributed by atoms with Gasteiger partial charge in [-0.05, 0) is 25.7 Å². The highest BCUT2D eigenvalue weighted by atomic mass is 16.4. The Kier molecular flexibility index (Phi) is 7.06. The van der Waals surface area contributed by atoms with Gasteiger partial charge in [0.2, 0.25) is 5.91 Å². The zero-order chi connectivity index (χ0) is 16.7. The number of carbonyl (C=O) groups is 3. The molecule has 2 saturated carbocycles. The van der Waals surface area contributed by atoms with E-state index in [4.69, 9.17) is 5.11 Å². The van der Waals surface area contributed by atoms with E-state index in [-0.39, 0.29) is 30.1 Å². The number of carbonyl (C=O) groups excluding carboxylic acids is 2. The van der Waals surface area contributed by atoms with Gasteiger partial charge >= 0.3 is 5.97 Å². The number of Topliss-reactive ketones (excluding diaryl/α,β-unsaturated/α-hetero) is 1. The molecule has 0 aromatic carbocycles. The Labute approximate surface area is 138 Å². The summed E-state index contributed by atoms with van der Waals surface area (Å²) in [6.07, 6.45) is 10.7. The van der Waals surface area contributed by atoms with Gasteiger partial charge in [0.1, 0.15) is 12.2 Å². The van der Waals surface area contributed by atoms with E-state index >= 15 is 0 Å². The van der Waals surface area contributed by atoms with E-state index in [0.29, 0.717) is 6.54 Å². The van der Waals surface area contributed by atoms with Gasteiger partial charge in [-0.15, -0.1) is 0 Å². The molecular weight excluding hydrogens is 294 g/mol. The molecule has 0 aromatic rings. The molecule has 130 valence electrons. The lowest BCUT2D eigenvalue weighted by Gasteiger charge is -2.37. The van der Waals surface area contributed by atoms with Crippen LogP contribution in [0.3, 0.4) is 0 Å². The first kappa shape index (κ1) is 18.0. The molecule has 0 radical (unpaired) electrons. The number of nitrogens with zero attached hydrogens (tertiary/aromatic N) is 1. The maximum atomic E-state index is 12.9. The quantitative estimate of drug-likeness (QED) is 0.730. The van der Waals surface area contributed by atoms with Gasteiger partial charge in [-0.2, -0.15) is 0 Å². The van der Waals surface area contributed by atoms with E-state index in [1.54, 1.807) is 0 Å². The zero-order valence-corrected chi connectivity index (χ0v) is 14.0. The smallest absolute Gasteiger partial charge is 0.310 e. The standard InChI is InChI=1S/C18H29NO4/c20-16(13-17(21)22)11-12-19(15-9-5-2-6-10-15)18(23)14-7-3-1-4-8-14/h14-15H,1-13H2,(H,21,22). The van der Waals surface area contributed by atoms with Crippen LogP contribution in [0.1, 0.15) is 77.0 Å². The lowest BCUT2D eigenvalue weighted by molar-refractivity contribution is -0.141. The highest BCUT2D eigenvalue weighted by Gasteiger charge is 2.31. The van der Waals surface area contributed by atoms with Crippen molar-refractivity contribution < 1.29 is 19.5 Å². The second-order valence-electron chi connectivity index (χ2n) is 7.02. The third-order valence-corrected chi connectivity index (χ3v) is 5.23. The van der Waals surface area contributed by atoms with Crippen molar-refractivity contribution in [2.45, 2.75) is 83.1 Å². The number of carboxylic acid groups (broad SMARTS) is 1. The Hall–Kier alpha value is -1.39. The second kappa shape index (κ2) is 9.04. The normalized spacial score (nSPS) is 20.2. The highest BCUT2D eigenvalue weighted by Crippen LogP contribution is 2.29. The molecule has 0 spiro atoms. The van der Waals surface area contributed by atoms with Crippen LogP contribution in [0.2, 0.25) is 0 Å². The molecule has 2 rings (SSSR count). The van der Waals surface area contributed by atoms with Gasteiger partial charge in [-0.25, -0.2) is 0 Å². The van der Waals surface area contributed by atoms with Crippen molar-refractivity contribution in [3.63, 3.8) is 0 Å². The number of aliphatic carboxylic acids is 1. The Bertz CT molecular complexity index is 423. The molecule has 1 N–H and O–H groups in total. The second-order valence-corrected chi connectivity index (χ2v) is 7.02. The molecule has 2 fully saturated rings. The Morgan fingerprint density at radius 2 is 1.43 bits per heavy atom. The third-order valence-electron chi connectivity index (χ3n) is 5.23. The summed E-state index contributed by atoms with van der Waals surface area (Å²) < 4.78 is 0. The van der Waals surface area contributed by atoms with Gasteiger partial charge in [0.25, 0.3) is 0 Å². The van der Waals surface area contributed by atoms with Gasteiger partial charge in [-0.3, -0.25) is 14.4 Å². The van der Waals surface area contributed by atoms with Crippen LogP contribution in [0.5, 0.6) is 0 Å². The molecule has 0 heterocycles. The lowest BCUT2D eigenvalue weighted by Crippen LogP contribution is -2.46. The first-order chi connectivity index (χ1) is 11.1. The monoisotopic (exact) mass is 323 g/mol. The van der Waals surface area contributed by atoms with E-state index in [0.717, 1.165) is 51.4 Å². The molecule has 0 atom stereocenters. The minimum atomic E-state index is -1.09. The summed E-state index contributed by atoms with van der Waals surface area (Å²) in [4.78, 5) is 37.2. The van der Waals surface area contributed by atoms with Crippen molar-refractivity contribution in [1.29, 1.82) is 0 Å². The predicted octanol–water partition coefficient (Wildman–Crippen LogP) is 3.16. The van der Waals surface area contributed by atoms with E-state index < -0.39 is 12.4 Å². The fourth-order valence-electron chi connectivity index (χ4n) is 3.95. The van der Waals surface area contributed by atoms with E-state index in [9.17, 15) is 14.4 Å². The van der Waals surface area contributed by atoms with Gasteiger partial charge in [-0.1, -0.05) is 38.5 Å². The molecule has 2 aliphatic rings. The van der Waals surface area contributed by atoms with Gasteiger partial charge < -0.3 is 10.0 Å². The molecule has 0 aromatic heterocycles. The van der Waals surface area contributed by atoms with Crippen LogP contribution in [0, 0.1) is 5.92 Å². The van der Waals surface area contributed by atoms with E-state index in [2.05, 4.69) is 0 Å². The molecule has 0 saturated heterocycles. The summed E-state index contributed by atoms with van der Waals surface area (Å²) in [5.41, 5.74) is 0. The minimum absolute atomic E-state index is 0.111. The molecule has 23 heavy (non-hydrogen) atoms. The zero-order valence-electron chi connectivity index (χ0n) is 14.0. The van der Waals surface area contributed by atoms with Crippen LogP contribution in [0.15, 0.2) is 0 Å². The van der Waals surface area contributed by atoms with E-state index in [1.165, 1.54) is 12.8 Å². The summed E-state index contributed by atoms with van der Waals surface area (Å²) in [7, 11) is 0. The van der Waals surface area contributed by atoms with Crippen molar-refractivity contribution in [3.05, 3.63) is 0 Å². The average Bonchev–Trinajstić information content (AvgIpc) is 2.56. The molecule has 0 aliphatic heterocycles. The Balaban J connectivity index is 1.97. The SMILES string of the molecule is O=C(O)CC(=O)CCN(C(=O)C1CCCCC1)C1CCCCC1. The molecule has 1 amide bonds. The van der Waals surface area contributed by atoms with Crippen LogP contribution >= 0.6 is 0 Å². The summed E-state index contributed by atoms with van der Waals surface area (Å²) >= 11 is 0. The number of ketones is 1. The van der Waals surface area contributed by atoms with Crippen molar-refractivity contribution in [3.8, 4) is 0 Å². The molecule has 0 unspecified atom stereocenters. The molecule has 2 aliphatic carbocycles. The van der Waals surface area contributed by atoms with Crippen LogP contribution in [-0.2, 0) is 14.4 Å². The lowest BCUT2D eigenvalue weighted by atomic mass is 9.86. The third kappa shape index (κ3) is 5.63. The van der Waals surface area contributed by atoms with Crippen molar-refractivity contribution in [2.24, 2.45) is 5.92 Å². The summed E-state index contributed by atoms with van der Waals surface area (Å²) in [6.45, 7) is 0.395. The van der Waals surface area contributed by atoms with Crippen LogP contribution in [0.4, 0.5) is 0 Å². The van der Waals surface area contributed by atoms with Crippen molar-refractivity contribution in [1.82, 2.24) is 4.90 Å². The maximum absolute atomic E-state index is 12.9. The fraction of sp³-hybridized carbons (Fsp3) is 0.833. The highest BCUT2D eigenvalue weighted by molar-refractivity contribution is 5.95. The van der Waals surface area contributed by atoms with Gasteiger partial charge in [0.15, 0.2) is 0 Å².